The van der Waals surface area contributed by atoms with Crippen LogP contribution in [0.1, 0.15) is 43.9 Å². The molecule has 1 rings (SSSR count). The van der Waals surface area contributed by atoms with E-state index in [0.717, 1.165) is 12.8 Å². The van der Waals surface area contributed by atoms with Crippen molar-refractivity contribution in [1.29, 1.82) is 0 Å². The van der Waals surface area contributed by atoms with Gasteiger partial charge in [-0.15, -0.1) is 6.58 Å². The lowest BCUT2D eigenvalue weighted by molar-refractivity contribution is 0.585. The Morgan fingerprint density at radius 3 is 2.47 bits per heavy atom. The van der Waals surface area contributed by atoms with E-state index in [1.807, 2.05) is 6.08 Å². The summed E-state index contributed by atoms with van der Waals surface area (Å²) in [5, 5.41) is 0. The van der Waals surface area contributed by atoms with Crippen molar-refractivity contribution in [2.45, 2.75) is 46.0 Å². The van der Waals surface area contributed by atoms with E-state index in [1.165, 1.54) is 16.7 Å². The van der Waals surface area contributed by atoms with Crippen molar-refractivity contribution in [1.82, 2.24) is 0 Å². The monoisotopic (exact) mass is 202 g/mol. The fraction of sp³-hybridized carbons (Fsp3) is 0.467. The van der Waals surface area contributed by atoms with Crippen LogP contribution in [0.5, 0.6) is 0 Å². The average molecular weight is 202 g/mol. The first-order valence-corrected chi connectivity index (χ1v) is 5.66. The van der Waals surface area contributed by atoms with Gasteiger partial charge in [-0.1, -0.05) is 45.0 Å². The molecule has 0 aliphatic carbocycles. The van der Waals surface area contributed by atoms with Crippen molar-refractivity contribution in [2.24, 2.45) is 0 Å². The smallest absolute Gasteiger partial charge is 0.0129 e. The van der Waals surface area contributed by atoms with Gasteiger partial charge in [0.1, 0.15) is 0 Å². The summed E-state index contributed by atoms with van der Waals surface area (Å²) in [5.74, 6) is 0. The van der Waals surface area contributed by atoms with Gasteiger partial charge in [0.25, 0.3) is 0 Å². The zero-order valence-electron chi connectivity index (χ0n) is 10.4. The Bertz CT molecular complexity index is 340. The Morgan fingerprint density at radius 2 is 1.93 bits per heavy atom. The maximum Gasteiger partial charge on any atom is -0.0129 e. The van der Waals surface area contributed by atoms with Gasteiger partial charge in [-0.25, -0.2) is 0 Å². The number of hydrogen-bond acceptors (Lipinski definition) is 0. The first-order valence-electron chi connectivity index (χ1n) is 5.66. The van der Waals surface area contributed by atoms with E-state index in [-0.39, 0.29) is 5.41 Å². The third-order valence-electron chi connectivity index (χ3n) is 2.75. The van der Waals surface area contributed by atoms with E-state index >= 15 is 0 Å². The molecule has 0 spiro atoms. The first-order chi connectivity index (χ1) is 6.95. The van der Waals surface area contributed by atoms with Gasteiger partial charge in [0.05, 0.1) is 0 Å². The Morgan fingerprint density at radius 1 is 1.27 bits per heavy atom. The molecule has 1 aromatic rings. The highest BCUT2D eigenvalue weighted by Crippen LogP contribution is 2.26. The highest BCUT2D eigenvalue weighted by atomic mass is 14.2. The molecule has 0 unspecified atom stereocenters. The molecule has 0 atom stereocenters. The molecular formula is C15H22. The number of aryl methyl sites for hydroxylation is 2. The molecular weight excluding hydrogens is 180 g/mol. The van der Waals surface area contributed by atoms with Crippen LogP contribution in [0.4, 0.5) is 0 Å². The summed E-state index contributed by atoms with van der Waals surface area (Å²) >= 11 is 0. The molecule has 0 aromatic heterocycles. The average Bonchev–Trinajstić information content (AvgIpc) is 2.15. The molecule has 0 N–H and O–H groups in total. The second-order valence-corrected chi connectivity index (χ2v) is 5.23. The van der Waals surface area contributed by atoms with E-state index in [0.29, 0.717) is 0 Å². The fourth-order valence-electron chi connectivity index (χ4n) is 1.90. The van der Waals surface area contributed by atoms with E-state index < -0.39 is 0 Å². The van der Waals surface area contributed by atoms with Crippen molar-refractivity contribution in [2.75, 3.05) is 0 Å². The number of allylic oxidation sites excluding steroid dienone is 1. The van der Waals surface area contributed by atoms with Gasteiger partial charge in [-0.2, -0.15) is 0 Å². The predicted molar refractivity (Wildman–Crippen MR) is 68.4 cm³/mol. The fourth-order valence-corrected chi connectivity index (χ4v) is 1.90. The Kier molecular flexibility index (Phi) is 3.73. The normalized spacial score (nSPS) is 11.5. The van der Waals surface area contributed by atoms with Crippen LogP contribution >= 0.6 is 0 Å². The van der Waals surface area contributed by atoms with Crippen molar-refractivity contribution >= 4 is 0 Å². The molecule has 0 nitrogen and oxygen atoms in total. The van der Waals surface area contributed by atoms with Crippen molar-refractivity contribution < 1.29 is 0 Å². The minimum atomic E-state index is 0.244. The molecule has 0 aliphatic rings. The SMILES string of the molecule is C=CCCc1ccc(C)c(C(C)(C)C)c1. The van der Waals surface area contributed by atoms with Crippen molar-refractivity contribution in [3.05, 3.63) is 47.5 Å². The van der Waals surface area contributed by atoms with Crippen LogP contribution < -0.4 is 0 Å². The molecule has 0 saturated carbocycles. The van der Waals surface area contributed by atoms with Gasteiger partial charge in [0.2, 0.25) is 0 Å². The molecule has 1 aromatic carbocycles. The van der Waals surface area contributed by atoms with Crippen LogP contribution in [-0.4, -0.2) is 0 Å². The highest BCUT2D eigenvalue weighted by Gasteiger charge is 2.16. The third-order valence-corrected chi connectivity index (χ3v) is 2.75. The molecule has 0 aliphatic heterocycles. The summed E-state index contributed by atoms with van der Waals surface area (Å²) in [6, 6.07) is 6.81. The van der Waals surface area contributed by atoms with Gasteiger partial charge in [-0.05, 0) is 41.9 Å². The summed E-state index contributed by atoms with van der Waals surface area (Å²) < 4.78 is 0. The Balaban J connectivity index is 3.00. The van der Waals surface area contributed by atoms with Crippen LogP contribution in [0.3, 0.4) is 0 Å². The quantitative estimate of drug-likeness (QED) is 0.637. The minimum Gasteiger partial charge on any atom is -0.103 e. The van der Waals surface area contributed by atoms with Gasteiger partial charge < -0.3 is 0 Å². The second-order valence-electron chi connectivity index (χ2n) is 5.23. The topological polar surface area (TPSA) is 0 Å². The number of benzene rings is 1. The van der Waals surface area contributed by atoms with E-state index in [4.69, 9.17) is 0 Å². The second kappa shape index (κ2) is 4.65. The Hall–Kier alpha value is -1.04. The lowest BCUT2D eigenvalue weighted by Crippen LogP contribution is -2.13. The summed E-state index contributed by atoms with van der Waals surface area (Å²) in [6.45, 7) is 12.8. The molecule has 0 bridgehead atoms. The van der Waals surface area contributed by atoms with Crippen LogP contribution in [0.2, 0.25) is 0 Å². The predicted octanol–water partition coefficient (Wildman–Crippen LogP) is 4.41. The molecule has 0 amide bonds. The van der Waals surface area contributed by atoms with Crippen LogP contribution in [0, 0.1) is 6.92 Å². The summed E-state index contributed by atoms with van der Waals surface area (Å²) in [6.07, 6.45) is 4.15. The van der Waals surface area contributed by atoms with Crippen LogP contribution in [0.25, 0.3) is 0 Å². The zero-order valence-corrected chi connectivity index (χ0v) is 10.4. The number of rotatable bonds is 3. The van der Waals surface area contributed by atoms with E-state index in [1.54, 1.807) is 0 Å². The third kappa shape index (κ3) is 3.23. The summed E-state index contributed by atoms with van der Waals surface area (Å²) in [7, 11) is 0. The molecule has 0 fully saturated rings. The standard InChI is InChI=1S/C15H22/c1-6-7-8-13-10-9-12(2)14(11-13)15(3,4)5/h6,9-11H,1,7-8H2,2-5H3. The minimum absolute atomic E-state index is 0.244. The van der Waals surface area contributed by atoms with Gasteiger partial charge in [0.15, 0.2) is 0 Å². The zero-order chi connectivity index (χ0) is 11.5. The van der Waals surface area contributed by atoms with Crippen LogP contribution in [-0.2, 0) is 11.8 Å². The molecule has 0 heteroatoms. The molecule has 82 valence electrons. The Labute approximate surface area is 94.0 Å². The van der Waals surface area contributed by atoms with E-state index in [2.05, 4.69) is 52.5 Å². The van der Waals surface area contributed by atoms with Crippen molar-refractivity contribution in [3.8, 4) is 0 Å². The largest absolute Gasteiger partial charge is 0.103 e. The molecule has 0 heterocycles. The number of hydrogen-bond donors (Lipinski definition) is 0. The highest BCUT2D eigenvalue weighted by molar-refractivity contribution is 5.36. The lowest BCUT2D eigenvalue weighted by Gasteiger charge is -2.22. The maximum atomic E-state index is 3.76. The van der Waals surface area contributed by atoms with Crippen LogP contribution in [0.15, 0.2) is 30.9 Å². The van der Waals surface area contributed by atoms with Gasteiger partial charge >= 0.3 is 0 Å². The van der Waals surface area contributed by atoms with Gasteiger partial charge in [0, 0.05) is 0 Å². The molecule has 15 heavy (non-hydrogen) atoms. The first kappa shape index (κ1) is 12.0. The molecule has 0 saturated heterocycles. The molecule has 0 radical (unpaired) electrons. The van der Waals surface area contributed by atoms with Crippen molar-refractivity contribution in [3.63, 3.8) is 0 Å². The van der Waals surface area contributed by atoms with E-state index in [9.17, 15) is 0 Å². The maximum absolute atomic E-state index is 3.76. The summed E-state index contributed by atoms with van der Waals surface area (Å²) in [5.41, 5.74) is 4.52. The lowest BCUT2D eigenvalue weighted by atomic mass is 9.83. The summed E-state index contributed by atoms with van der Waals surface area (Å²) in [4.78, 5) is 0. The van der Waals surface area contributed by atoms with Gasteiger partial charge in [-0.3, -0.25) is 0 Å².